The second kappa shape index (κ2) is 9.73. The van der Waals surface area contributed by atoms with Gasteiger partial charge in [0.15, 0.2) is 0 Å². The van der Waals surface area contributed by atoms with Crippen LogP contribution in [0.4, 0.5) is 4.79 Å². The van der Waals surface area contributed by atoms with Crippen molar-refractivity contribution < 1.29 is 32.6 Å². The molecule has 0 radical (unpaired) electrons. The van der Waals surface area contributed by atoms with Crippen molar-refractivity contribution in [2.75, 3.05) is 6.54 Å². The van der Waals surface area contributed by atoms with E-state index in [0.29, 0.717) is 19.3 Å². The van der Waals surface area contributed by atoms with Crippen molar-refractivity contribution in [3.8, 4) is 0 Å². The van der Waals surface area contributed by atoms with Gasteiger partial charge in [-0.25, -0.2) is 13.2 Å². The first kappa shape index (κ1) is 28.4. The van der Waals surface area contributed by atoms with E-state index in [2.05, 4.69) is 16.6 Å². The molecular formula is C29H37N3O7S. The molecule has 3 aliphatic carbocycles. The van der Waals surface area contributed by atoms with Crippen LogP contribution in [0.15, 0.2) is 36.9 Å². The van der Waals surface area contributed by atoms with Crippen molar-refractivity contribution in [1.29, 1.82) is 0 Å². The molecule has 3 amide bonds. The number of amides is 3. The quantitative estimate of drug-likeness (QED) is 0.409. The molecule has 4 aliphatic rings. The van der Waals surface area contributed by atoms with E-state index in [4.69, 9.17) is 4.74 Å². The van der Waals surface area contributed by atoms with Crippen LogP contribution in [0.5, 0.6) is 0 Å². The number of nitrogens with zero attached hydrogens (tertiary/aromatic N) is 1. The largest absolute Gasteiger partial charge is 0.444 e. The fourth-order valence-corrected chi connectivity index (χ4v) is 7.07. The Kier molecular flexibility index (Phi) is 6.89. The lowest BCUT2D eigenvalue weighted by Gasteiger charge is -2.31. The normalized spacial score (nSPS) is 31.2. The summed E-state index contributed by atoms with van der Waals surface area (Å²) in [5.74, 6) is -2.32. The minimum absolute atomic E-state index is 0.0773. The molecule has 1 aromatic rings. The van der Waals surface area contributed by atoms with E-state index in [1.165, 1.54) is 11.0 Å². The summed E-state index contributed by atoms with van der Waals surface area (Å²) in [4.78, 5) is 41.4. The summed E-state index contributed by atoms with van der Waals surface area (Å²) >= 11 is 0. The van der Waals surface area contributed by atoms with Gasteiger partial charge in [-0.15, -0.1) is 6.58 Å². The number of likely N-dealkylation sites (tertiary alicyclic amines) is 1. The minimum atomic E-state index is -3.84. The van der Waals surface area contributed by atoms with E-state index in [1.54, 1.807) is 20.8 Å². The first-order valence-electron chi connectivity index (χ1n) is 13.7. The van der Waals surface area contributed by atoms with Gasteiger partial charge in [0.25, 0.3) is 5.91 Å². The zero-order chi connectivity index (χ0) is 29.1. The van der Waals surface area contributed by atoms with E-state index < -0.39 is 61.9 Å². The minimum Gasteiger partial charge on any atom is -0.444 e. The molecule has 1 aliphatic heterocycles. The molecule has 216 valence electrons. The molecule has 40 heavy (non-hydrogen) atoms. The van der Waals surface area contributed by atoms with E-state index in [0.717, 1.165) is 10.4 Å². The van der Waals surface area contributed by atoms with Crippen molar-refractivity contribution in [3.05, 3.63) is 47.4 Å². The highest BCUT2D eigenvalue weighted by atomic mass is 32.2. The molecule has 0 aromatic heterocycles. The number of carbonyl (C=O) groups is 3. The number of β-amino-alcohol motifs (C(OH)–C–C–N with tert-alkyl or cyclic N) is 1. The monoisotopic (exact) mass is 571 g/mol. The molecule has 3 N–H and O–H groups in total. The SMILES string of the molecule is C=C[C@@H]1C[C@]1(NC(=O)[C@@H]1C[C@@](O)(C2C=c3ccccc3=CC2)CN1C(=O)OC(C)(C)C)C(=O)NS(=O)(=O)C1CC1. The maximum absolute atomic E-state index is 13.8. The number of hydrogen-bond acceptors (Lipinski definition) is 7. The summed E-state index contributed by atoms with van der Waals surface area (Å²) in [5, 5.41) is 16.0. The van der Waals surface area contributed by atoms with E-state index in [1.807, 2.05) is 36.4 Å². The number of hydrogen-bond donors (Lipinski definition) is 3. The third-order valence-corrected chi connectivity index (χ3v) is 10.0. The summed E-state index contributed by atoms with van der Waals surface area (Å²) in [6, 6.07) is 6.65. The van der Waals surface area contributed by atoms with Crippen molar-refractivity contribution >= 4 is 40.1 Å². The Balaban J connectivity index is 1.41. The van der Waals surface area contributed by atoms with Gasteiger partial charge in [0.1, 0.15) is 17.2 Å². The van der Waals surface area contributed by atoms with Crippen LogP contribution < -0.4 is 20.5 Å². The topological polar surface area (TPSA) is 142 Å². The second-order valence-electron chi connectivity index (χ2n) is 12.5. The van der Waals surface area contributed by atoms with Crippen LogP contribution in [0.3, 0.4) is 0 Å². The molecule has 5 rings (SSSR count). The van der Waals surface area contributed by atoms with Crippen LogP contribution in [-0.4, -0.2) is 70.9 Å². The number of benzene rings is 1. The zero-order valence-electron chi connectivity index (χ0n) is 23.1. The standard InChI is InChI=1S/C29H37N3O7S/c1-5-20-15-29(20,25(34)31-40(37,38)22-12-13-22)30-24(33)23-16-28(36,17-32(23)26(35)39-27(2,3)4)21-11-10-18-8-6-7-9-19(18)14-21/h5-10,14,20-23,36H,1,11-13,15-17H2,2-4H3,(H,30,33)(H,31,34)/t20-,21?,23+,28+,29-/m1/s1. The number of rotatable bonds is 7. The molecule has 3 fully saturated rings. The third kappa shape index (κ3) is 5.41. The van der Waals surface area contributed by atoms with Gasteiger partial charge in [0.2, 0.25) is 15.9 Å². The predicted octanol–water partition coefficient (Wildman–Crippen LogP) is 0.677. The Hall–Kier alpha value is -3.18. The molecule has 11 heteroatoms. The lowest BCUT2D eigenvalue weighted by atomic mass is 9.80. The first-order chi connectivity index (χ1) is 18.7. The lowest BCUT2D eigenvalue weighted by Crippen LogP contribution is -2.56. The van der Waals surface area contributed by atoms with Crippen LogP contribution in [0.1, 0.15) is 52.9 Å². The second-order valence-corrected chi connectivity index (χ2v) is 14.4. The molecule has 2 saturated carbocycles. The summed E-state index contributed by atoms with van der Waals surface area (Å²) < 4.78 is 32.6. The van der Waals surface area contributed by atoms with Gasteiger partial charge < -0.3 is 15.2 Å². The van der Waals surface area contributed by atoms with Crippen molar-refractivity contribution in [3.63, 3.8) is 0 Å². The number of carbonyl (C=O) groups excluding carboxylic acids is 3. The van der Waals surface area contributed by atoms with Gasteiger partial charge in [-0.2, -0.15) is 0 Å². The van der Waals surface area contributed by atoms with Gasteiger partial charge in [0, 0.05) is 18.3 Å². The average molecular weight is 572 g/mol. The van der Waals surface area contributed by atoms with Crippen molar-refractivity contribution in [2.24, 2.45) is 11.8 Å². The highest BCUT2D eigenvalue weighted by Gasteiger charge is 2.62. The van der Waals surface area contributed by atoms with Gasteiger partial charge in [-0.3, -0.25) is 19.2 Å². The summed E-state index contributed by atoms with van der Waals surface area (Å²) in [6.45, 7) is 8.71. The maximum Gasteiger partial charge on any atom is 0.411 e. The van der Waals surface area contributed by atoms with E-state index in [-0.39, 0.29) is 25.3 Å². The first-order valence-corrected chi connectivity index (χ1v) is 15.2. The molecule has 1 saturated heterocycles. The maximum atomic E-state index is 13.8. The van der Waals surface area contributed by atoms with E-state index >= 15 is 0 Å². The third-order valence-electron chi connectivity index (χ3n) is 8.21. The molecule has 5 atom stereocenters. The molecule has 1 aromatic carbocycles. The van der Waals surface area contributed by atoms with Gasteiger partial charge >= 0.3 is 6.09 Å². The molecule has 1 unspecified atom stereocenters. The van der Waals surface area contributed by atoms with E-state index in [9.17, 15) is 27.9 Å². The number of aliphatic hydroxyl groups is 1. The number of sulfonamides is 1. The Morgan fingerprint density at radius 1 is 1.15 bits per heavy atom. The summed E-state index contributed by atoms with van der Waals surface area (Å²) in [5.41, 5.74) is -3.77. The van der Waals surface area contributed by atoms with Crippen molar-refractivity contribution in [2.45, 2.75) is 80.9 Å². The number of fused-ring (bicyclic) bond motifs is 1. The fourth-order valence-electron chi connectivity index (χ4n) is 5.71. The molecule has 1 heterocycles. The van der Waals surface area contributed by atoms with Gasteiger partial charge in [-0.1, -0.05) is 42.5 Å². The van der Waals surface area contributed by atoms with Gasteiger partial charge in [-0.05, 0) is 56.9 Å². The molecule has 10 nitrogen and oxygen atoms in total. The Morgan fingerprint density at radius 3 is 2.42 bits per heavy atom. The zero-order valence-corrected chi connectivity index (χ0v) is 23.9. The van der Waals surface area contributed by atoms with Crippen LogP contribution in [0, 0.1) is 11.8 Å². The van der Waals surface area contributed by atoms with Crippen molar-refractivity contribution in [1.82, 2.24) is 14.9 Å². The van der Waals surface area contributed by atoms with Crippen LogP contribution in [0.2, 0.25) is 0 Å². The molecule has 0 bridgehead atoms. The molecule has 0 spiro atoms. The number of ether oxygens (including phenoxy) is 1. The average Bonchev–Trinajstić information content (AvgIpc) is 3.80. The van der Waals surface area contributed by atoms with Gasteiger partial charge in [0.05, 0.1) is 17.4 Å². The van der Waals surface area contributed by atoms with Crippen LogP contribution in [-0.2, 0) is 24.3 Å². The number of nitrogens with one attached hydrogen (secondary N) is 2. The van der Waals surface area contributed by atoms with Crippen LogP contribution in [0.25, 0.3) is 12.2 Å². The smallest absolute Gasteiger partial charge is 0.411 e. The highest BCUT2D eigenvalue weighted by molar-refractivity contribution is 7.91. The fraction of sp³-hybridized carbons (Fsp3) is 0.552. The molecular weight excluding hydrogens is 534 g/mol. The Bertz CT molecular complexity index is 1480. The Morgan fingerprint density at radius 2 is 1.82 bits per heavy atom. The summed E-state index contributed by atoms with van der Waals surface area (Å²) in [6.07, 6.45) is 6.34. The predicted molar refractivity (Wildman–Crippen MR) is 148 cm³/mol. The lowest BCUT2D eigenvalue weighted by molar-refractivity contribution is -0.131. The van der Waals surface area contributed by atoms with Crippen LogP contribution >= 0.6 is 0 Å². The summed E-state index contributed by atoms with van der Waals surface area (Å²) in [7, 11) is -3.84. The highest BCUT2D eigenvalue weighted by Crippen LogP contribution is 2.46. The Labute approximate surface area is 234 Å².